The number of aliphatic carboxylic acids is 1. The second-order valence-corrected chi connectivity index (χ2v) is 6.44. The Kier molecular flexibility index (Phi) is 8.02. The first-order valence-electron chi connectivity index (χ1n) is 8.91. The number of carboxylic acid groups (broad SMARTS) is 1. The van der Waals surface area contributed by atoms with Crippen LogP contribution in [-0.4, -0.2) is 40.6 Å². The van der Waals surface area contributed by atoms with Gasteiger partial charge in [0, 0.05) is 29.6 Å². The number of azide groups is 1. The van der Waals surface area contributed by atoms with E-state index in [2.05, 4.69) is 20.7 Å². The summed E-state index contributed by atoms with van der Waals surface area (Å²) in [6, 6.07) is 5.01. The van der Waals surface area contributed by atoms with Crippen molar-refractivity contribution in [2.45, 2.75) is 19.0 Å². The molecule has 2 aromatic rings. The molecule has 2 amide bonds. The number of hydrogen-bond donors (Lipinski definition) is 4. The summed E-state index contributed by atoms with van der Waals surface area (Å²) in [6.45, 7) is -0.423. The Balaban J connectivity index is 2.02. The number of rotatable bonds is 9. The zero-order chi connectivity index (χ0) is 23.8. The number of hydrogen-bond acceptors (Lipinski definition) is 5. The molecule has 0 aliphatic heterocycles. The van der Waals surface area contributed by atoms with Gasteiger partial charge in [-0.15, -0.1) is 0 Å². The summed E-state index contributed by atoms with van der Waals surface area (Å²) in [7, 11) is 0. The van der Waals surface area contributed by atoms with Crippen molar-refractivity contribution in [1.82, 2.24) is 10.6 Å². The topological polar surface area (TPSA) is 164 Å². The van der Waals surface area contributed by atoms with Crippen LogP contribution in [0.1, 0.15) is 32.7 Å². The maximum atomic E-state index is 13.8. The molecule has 13 heteroatoms. The van der Waals surface area contributed by atoms with Crippen molar-refractivity contribution >= 4 is 17.8 Å². The lowest BCUT2D eigenvalue weighted by Gasteiger charge is -2.14. The van der Waals surface area contributed by atoms with Gasteiger partial charge in [0.2, 0.25) is 5.82 Å². The van der Waals surface area contributed by atoms with Crippen LogP contribution in [0.2, 0.25) is 0 Å². The van der Waals surface area contributed by atoms with Gasteiger partial charge in [0.25, 0.3) is 11.8 Å². The molecule has 10 nitrogen and oxygen atoms in total. The Bertz CT molecular complexity index is 1080. The molecule has 0 aliphatic rings. The molecule has 4 N–H and O–H groups in total. The molecule has 0 unspecified atom stereocenters. The quantitative estimate of drug-likeness (QED) is 0.199. The minimum atomic E-state index is -1.81. The first kappa shape index (κ1) is 24.0. The maximum absolute atomic E-state index is 13.8. The van der Waals surface area contributed by atoms with Crippen molar-refractivity contribution in [3.05, 3.63) is 74.9 Å². The monoisotopic (exact) mass is 451 g/mol. The third-order valence-corrected chi connectivity index (χ3v) is 4.17. The molecule has 0 aromatic heterocycles. The molecule has 2 aromatic carbocycles. The standard InChI is InChI=1S/C19H16F3N5O5/c20-13-6-12(15(21)17(30)16(13)22)19(32)24-7-9-1-3-10(4-2-9)18(31)26-11(5-14(28)29)8-25-27-23/h1-4,6,11,30H,5,7-8H2,(H,24,32)(H,26,31)(H,28,29)/t11-/m0/s1. The number of nitrogens with one attached hydrogen (secondary N) is 2. The summed E-state index contributed by atoms with van der Waals surface area (Å²) in [5.74, 6) is -9.53. The fourth-order valence-corrected chi connectivity index (χ4v) is 2.58. The van der Waals surface area contributed by atoms with E-state index in [-0.39, 0.29) is 18.7 Å². The third kappa shape index (κ3) is 6.12. The Hall–Kier alpha value is -4.25. The van der Waals surface area contributed by atoms with Crippen molar-refractivity contribution in [1.29, 1.82) is 0 Å². The van der Waals surface area contributed by atoms with E-state index in [0.29, 0.717) is 11.6 Å². The lowest BCUT2D eigenvalue weighted by molar-refractivity contribution is -0.137. The van der Waals surface area contributed by atoms with E-state index in [1.54, 1.807) is 0 Å². The van der Waals surface area contributed by atoms with Crippen LogP contribution in [0.15, 0.2) is 35.4 Å². The number of phenols is 1. The predicted octanol–water partition coefficient (Wildman–Crippen LogP) is 2.62. The van der Waals surface area contributed by atoms with Gasteiger partial charge in [-0.2, -0.15) is 4.39 Å². The first-order chi connectivity index (χ1) is 15.1. The highest BCUT2D eigenvalue weighted by molar-refractivity contribution is 5.95. The Morgan fingerprint density at radius 3 is 2.34 bits per heavy atom. The van der Waals surface area contributed by atoms with E-state index >= 15 is 0 Å². The number of amides is 2. The third-order valence-electron chi connectivity index (χ3n) is 4.17. The molecule has 32 heavy (non-hydrogen) atoms. The smallest absolute Gasteiger partial charge is 0.305 e. The van der Waals surface area contributed by atoms with Crippen LogP contribution >= 0.6 is 0 Å². The van der Waals surface area contributed by atoms with Gasteiger partial charge < -0.3 is 20.8 Å². The number of carbonyl (C=O) groups is 3. The fourth-order valence-electron chi connectivity index (χ4n) is 2.58. The molecule has 0 fully saturated rings. The normalized spacial score (nSPS) is 11.2. The number of halogens is 3. The van der Waals surface area contributed by atoms with Crippen molar-refractivity contribution in [2.24, 2.45) is 5.11 Å². The summed E-state index contributed by atoms with van der Waals surface area (Å²) in [5, 5.41) is 26.0. The van der Waals surface area contributed by atoms with Crippen LogP contribution in [0.5, 0.6) is 5.75 Å². The number of carboxylic acids is 1. The Morgan fingerprint density at radius 1 is 1.09 bits per heavy atom. The van der Waals surface area contributed by atoms with Gasteiger partial charge in [-0.25, -0.2) is 8.78 Å². The number of carbonyl (C=O) groups excluding carboxylic acids is 2. The van der Waals surface area contributed by atoms with Crippen molar-refractivity contribution in [2.75, 3.05) is 6.54 Å². The van der Waals surface area contributed by atoms with Crippen LogP contribution in [0.25, 0.3) is 10.4 Å². The minimum absolute atomic E-state index is 0.146. The Morgan fingerprint density at radius 2 is 1.75 bits per heavy atom. The predicted molar refractivity (Wildman–Crippen MR) is 103 cm³/mol. The highest BCUT2D eigenvalue weighted by Gasteiger charge is 2.22. The molecule has 0 heterocycles. The number of phenolic OH excluding ortho intramolecular Hbond substituents is 1. The fraction of sp³-hybridized carbons (Fsp3) is 0.211. The number of benzene rings is 2. The molecular weight excluding hydrogens is 435 g/mol. The van der Waals surface area contributed by atoms with Gasteiger partial charge >= 0.3 is 5.97 Å². The average molecular weight is 451 g/mol. The van der Waals surface area contributed by atoms with Crippen molar-refractivity contribution in [3.8, 4) is 5.75 Å². The van der Waals surface area contributed by atoms with Gasteiger partial charge in [0.1, 0.15) is 0 Å². The summed E-state index contributed by atoms with van der Waals surface area (Å²) < 4.78 is 40.2. The molecule has 0 bridgehead atoms. The molecule has 168 valence electrons. The zero-order valence-corrected chi connectivity index (χ0v) is 16.2. The number of aromatic hydroxyl groups is 1. The highest BCUT2D eigenvalue weighted by Crippen LogP contribution is 2.25. The zero-order valence-electron chi connectivity index (χ0n) is 16.2. The largest absolute Gasteiger partial charge is 0.503 e. The maximum Gasteiger partial charge on any atom is 0.305 e. The second kappa shape index (κ2) is 10.7. The van der Waals surface area contributed by atoms with Gasteiger partial charge in [-0.1, -0.05) is 17.2 Å². The molecular formula is C19H16F3N5O5. The highest BCUT2D eigenvalue weighted by atomic mass is 19.2. The van der Waals surface area contributed by atoms with Crippen LogP contribution in [0.3, 0.4) is 0 Å². The van der Waals surface area contributed by atoms with E-state index in [4.69, 9.17) is 10.6 Å². The molecule has 2 rings (SSSR count). The van der Waals surface area contributed by atoms with Gasteiger partial charge in [-0.05, 0) is 29.3 Å². The van der Waals surface area contributed by atoms with Gasteiger partial charge in [0.15, 0.2) is 17.4 Å². The molecule has 0 saturated heterocycles. The van der Waals surface area contributed by atoms with E-state index in [0.717, 1.165) is 0 Å². The Labute approximate surface area is 178 Å². The van der Waals surface area contributed by atoms with E-state index < -0.39 is 59.0 Å². The van der Waals surface area contributed by atoms with E-state index in [9.17, 15) is 32.7 Å². The van der Waals surface area contributed by atoms with Crippen LogP contribution in [0, 0.1) is 17.5 Å². The molecule has 0 saturated carbocycles. The van der Waals surface area contributed by atoms with Crippen LogP contribution in [-0.2, 0) is 11.3 Å². The van der Waals surface area contributed by atoms with Gasteiger partial charge in [0.05, 0.1) is 12.0 Å². The lowest BCUT2D eigenvalue weighted by atomic mass is 10.1. The van der Waals surface area contributed by atoms with E-state index in [1.807, 2.05) is 0 Å². The minimum Gasteiger partial charge on any atom is -0.503 e. The van der Waals surface area contributed by atoms with Crippen LogP contribution < -0.4 is 10.6 Å². The second-order valence-electron chi connectivity index (χ2n) is 6.44. The molecule has 0 radical (unpaired) electrons. The molecule has 0 aliphatic carbocycles. The molecule has 0 spiro atoms. The van der Waals surface area contributed by atoms with Crippen LogP contribution in [0.4, 0.5) is 13.2 Å². The SMILES string of the molecule is [N-]=[N+]=NC[C@H](CC(=O)O)NC(=O)c1ccc(CNC(=O)c2cc(F)c(F)c(O)c2F)cc1. The number of nitrogens with zero attached hydrogens (tertiary/aromatic N) is 3. The first-order valence-corrected chi connectivity index (χ1v) is 8.91. The average Bonchev–Trinajstić information content (AvgIpc) is 2.76. The molecule has 1 atom stereocenters. The van der Waals surface area contributed by atoms with E-state index in [1.165, 1.54) is 24.3 Å². The summed E-state index contributed by atoms with van der Waals surface area (Å²) >= 11 is 0. The van der Waals surface area contributed by atoms with Gasteiger partial charge in [-0.3, -0.25) is 14.4 Å². The summed E-state index contributed by atoms with van der Waals surface area (Å²) in [5.41, 5.74) is 8.06. The lowest BCUT2D eigenvalue weighted by Crippen LogP contribution is -2.38. The summed E-state index contributed by atoms with van der Waals surface area (Å²) in [6.07, 6.45) is -0.453. The summed E-state index contributed by atoms with van der Waals surface area (Å²) in [4.78, 5) is 37.6. The van der Waals surface area contributed by atoms with Crippen molar-refractivity contribution in [3.63, 3.8) is 0 Å². The van der Waals surface area contributed by atoms with Crippen molar-refractivity contribution < 1.29 is 37.8 Å².